The molecule has 0 N–H and O–H groups in total. The van der Waals surface area contributed by atoms with Crippen LogP contribution in [0.25, 0.3) is 0 Å². The maximum Gasteiger partial charge on any atom is 0.147 e. The molecule has 0 fully saturated rings. The lowest BCUT2D eigenvalue weighted by atomic mass is 10.6. The van der Waals surface area contributed by atoms with E-state index in [4.69, 9.17) is 10.7 Å². The summed E-state index contributed by atoms with van der Waals surface area (Å²) >= 11 is 0. The van der Waals surface area contributed by atoms with Gasteiger partial charge in [-0.3, -0.25) is 0 Å². The molecular weight excluding hydrogens is 204 g/mol. The van der Waals surface area contributed by atoms with Crippen molar-refractivity contribution in [1.29, 1.82) is 0 Å². The molecule has 0 aromatic rings. The molecule has 0 heterocycles. The minimum atomic E-state index is -2.79. The second-order valence-electron chi connectivity index (χ2n) is 3.09. The first kappa shape index (κ1) is 11.6. The molecule has 0 amide bonds. The van der Waals surface area contributed by atoms with Crippen LogP contribution < -0.4 is 0 Å². The Balaban J connectivity index is 3.61. The zero-order valence-corrected chi connectivity index (χ0v) is 9.52. The van der Waals surface area contributed by atoms with Gasteiger partial charge in [-0.2, -0.15) is 9.24 Å². The molecular formula is C6H15ClO2S2. The van der Waals surface area contributed by atoms with Crippen molar-refractivity contribution in [2.75, 3.05) is 30.3 Å². The lowest BCUT2D eigenvalue weighted by molar-refractivity contribution is 0.600. The van der Waals surface area contributed by atoms with Crippen LogP contribution in [0.2, 0.25) is 0 Å². The van der Waals surface area contributed by atoms with E-state index in [2.05, 4.69) is 0 Å². The Hall–Kier alpha value is 0.590. The van der Waals surface area contributed by atoms with Gasteiger partial charge < -0.3 is 0 Å². The molecule has 0 saturated heterocycles. The van der Waals surface area contributed by atoms with Gasteiger partial charge in [0, 0.05) is 6.26 Å². The van der Waals surface area contributed by atoms with Crippen LogP contribution in [0.1, 0.15) is 6.42 Å². The van der Waals surface area contributed by atoms with Crippen LogP contribution in [0, 0.1) is 0 Å². The number of halogens is 1. The summed E-state index contributed by atoms with van der Waals surface area (Å²) in [4.78, 5) is 0. The van der Waals surface area contributed by atoms with Crippen molar-refractivity contribution in [3.05, 3.63) is 0 Å². The van der Waals surface area contributed by atoms with Crippen molar-refractivity contribution in [2.45, 2.75) is 6.42 Å². The molecule has 0 spiro atoms. The molecule has 0 unspecified atom stereocenters. The minimum Gasteiger partial charge on any atom is -0.229 e. The van der Waals surface area contributed by atoms with Gasteiger partial charge in [-0.05, 0) is 24.7 Å². The lowest BCUT2D eigenvalue weighted by Crippen LogP contribution is -2.06. The van der Waals surface area contributed by atoms with Gasteiger partial charge in [-0.25, -0.2) is 8.42 Å². The molecule has 0 aromatic carbocycles. The van der Waals surface area contributed by atoms with Crippen molar-refractivity contribution >= 4 is 29.8 Å². The number of rotatable bonds is 4. The highest BCUT2D eigenvalue weighted by Gasteiger charge is 2.08. The highest BCUT2D eigenvalue weighted by Crippen LogP contribution is 2.45. The predicted octanol–water partition coefficient (Wildman–Crippen LogP) is 1.64. The second-order valence-corrected chi connectivity index (χ2v) is 11.1. The molecule has 0 aliphatic heterocycles. The van der Waals surface area contributed by atoms with E-state index in [0.717, 1.165) is 5.75 Å². The first-order valence-corrected chi connectivity index (χ1v) is 8.80. The SMILES string of the molecule is CS(C)(Cl)CCCS(C)(=O)=O. The molecule has 0 radical (unpaired) electrons. The number of hydrogen-bond donors (Lipinski definition) is 0. The molecule has 0 aliphatic rings. The molecule has 0 bridgehead atoms. The molecule has 5 heteroatoms. The monoisotopic (exact) mass is 218 g/mol. The molecule has 0 aliphatic carbocycles. The van der Waals surface area contributed by atoms with Gasteiger partial charge >= 0.3 is 0 Å². The van der Waals surface area contributed by atoms with E-state index in [0.29, 0.717) is 6.42 Å². The van der Waals surface area contributed by atoms with Crippen LogP contribution in [-0.4, -0.2) is 38.7 Å². The Morgan fingerprint density at radius 3 is 1.82 bits per heavy atom. The smallest absolute Gasteiger partial charge is 0.147 e. The van der Waals surface area contributed by atoms with Gasteiger partial charge in [0.25, 0.3) is 0 Å². The van der Waals surface area contributed by atoms with Gasteiger partial charge in [0.15, 0.2) is 0 Å². The zero-order valence-electron chi connectivity index (χ0n) is 7.13. The van der Waals surface area contributed by atoms with E-state index < -0.39 is 19.1 Å². The normalized spacial score (nSPS) is 14.9. The molecule has 0 saturated carbocycles. The summed E-state index contributed by atoms with van der Waals surface area (Å²) in [7, 11) is 2.12. The summed E-state index contributed by atoms with van der Waals surface area (Å²) in [6, 6.07) is 0. The molecule has 0 aromatic heterocycles. The van der Waals surface area contributed by atoms with E-state index in [1.54, 1.807) is 0 Å². The Morgan fingerprint density at radius 2 is 1.55 bits per heavy atom. The maximum atomic E-state index is 10.7. The third-order valence-electron chi connectivity index (χ3n) is 1.14. The quantitative estimate of drug-likeness (QED) is 0.719. The average Bonchev–Trinajstić information content (AvgIpc) is 1.55. The third kappa shape index (κ3) is 10.6. The zero-order chi connectivity index (χ0) is 9.12. The predicted molar refractivity (Wildman–Crippen MR) is 54.5 cm³/mol. The van der Waals surface area contributed by atoms with E-state index in [1.165, 1.54) is 6.26 Å². The summed E-state index contributed by atoms with van der Waals surface area (Å²) in [5, 5.41) is 0. The molecule has 11 heavy (non-hydrogen) atoms. The van der Waals surface area contributed by atoms with Crippen LogP contribution in [0.15, 0.2) is 0 Å². The van der Waals surface area contributed by atoms with Crippen molar-refractivity contribution in [3.63, 3.8) is 0 Å². The van der Waals surface area contributed by atoms with Crippen LogP contribution in [-0.2, 0) is 9.84 Å². The molecule has 70 valence electrons. The summed E-state index contributed by atoms with van der Waals surface area (Å²) in [6.45, 7) is 0. The van der Waals surface area contributed by atoms with E-state index in [-0.39, 0.29) is 5.75 Å². The lowest BCUT2D eigenvalue weighted by Gasteiger charge is -2.20. The highest BCUT2D eigenvalue weighted by atomic mass is 35.7. The van der Waals surface area contributed by atoms with Crippen molar-refractivity contribution in [1.82, 2.24) is 0 Å². The van der Waals surface area contributed by atoms with Gasteiger partial charge in [-0.15, -0.1) is 0 Å². The van der Waals surface area contributed by atoms with Crippen molar-refractivity contribution in [2.24, 2.45) is 0 Å². The number of hydrogen-bond acceptors (Lipinski definition) is 2. The summed E-state index contributed by atoms with van der Waals surface area (Å²) in [5.74, 6) is 1.08. The van der Waals surface area contributed by atoms with Crippen LogP contribution >= 0.6 is 19.9 Å². The van der Waals surface area contributed by atoms with E-state index in [1.807, 2.05) is 12.5 Å². The summed E-state index contributed by atoms with van der Waals surface area (Å²) in [5.41, 5.74) is 0. The standard InChI is InChI=1S/C6H15ClO2S2/c1-10(2,7)5-4-6-11(3,8)9/h4-6H2,1-3H3. The average molecular weight is 219 g/mol. The molecule has 0 rings (SSSR count). The Kier molecular flexibility index (Phi) is 4.22. The fraction of sp³-hybridized carbons (Fsp3) is 1.00. The Bertz CT molecular complexity index is 203. The second kappa shape index (κ2) is 4.01. The first-order chi connectivity index (χ1) is 4.71. The van der Waals surface area contributed by atoms with Gasteiger partial charge in [0.2, 0.25) is 0 Å². The Labute approximate surface area is 75.1 Å². The first-order valence-electron chi connectivity index (χ1n) is 3.29. The molecule has 0 atom stereocenters. The Morgan fingerprint density at radius 1 is 1.09 bits per heavy atom. The van der Waals surface area contributed by atoms with E-state index >= 15 is 0 Å². The van der Waals surface area contributed by atoms with Gasteiger partial charge in [0.1, 0.15) is 9.84 Å². The minimum absolute atomic E-state index is 0.260. The van der Waals surface area contributed by atoms with Crippen LogP contribution in [0.4, 0.5) is 0 Å². The fourth-order valence-corrected chi connectivity index (χ4v) is 2.67. The largest absolute Gasteiger partial charge is 0.229 e. The van der Waals surface area contributed by atoms with Crippen molar-refractivity contribution in [3.8, 4) is 0 Å². The highest BCUT2D eigenvalue weighted by molar-refractivity contribution is 8.50. The maximum absolute atomic E-state index is 10.7. The summed E-state index contributed by atoms with van der Waals surface area (Å²) in [6.07, 6.45) is 5.88. The van der Waals surface area contributed by atoms with Crippen LogP contribution in [0.3, 0.4) is 0 Å². The topological polar surface area (TPSA) is 34.1 Å². The fourth-order valence-electron chi connectivity index (χ4n) is 0.664. The van der Waals surface area contributed by atoms with E-state index in [9.17, 15) is 8.42 Å². The van der Waals surface area contributed by atoms with Gasteiger partial charge in [0.05, 0.1) is 5.75 Å². The number of sulfone groups is 1. The molecule has 2 nitrogen and oxygen atoms in total. The summed E-state index contributed by atoms with van der Waals surface area (Å²) < 4.78 is 21.4. The van der Waals surface area contributed by atoms with Gasteiger partial charge in [-0.1, -0.05) is 10.7 Å². The van der Waals surface area contributed by atoms with Crippen molar-refractivity contribution < 1.29 is 8.42 Å². The third-order valence-corrected chi connectivity index (χ3v) is 3.90. The van der Waals surface area contributed by atoms with Crippen LogP contribution in [0.5, 0.6) is 0 Å².